The number of ether oxygens (including phenoxy) is 4. The fourth-order valence-corrected chi connectivity index (χ4v) is 3.15. The summed E-state index contributed by atoms with van der Waals surface area (Å²) < 4.78 is 21.7. The van der Waals surface area contributed by atoms with Gasteiger partial charge in [0.15, 0.2) is 23.0 Å². The molecule has 0 saturated heterocycles. The van der Waals surface area contributed by atoms with E-state index < -0.39 is 0 Å². The molecule has 0 aliphatic carbocycles. The van der Waals surface area contributed by atoms with Crippen LogP contribution in [0.3, 0.4) is 0 Å². The molecule has 2 aromatic rings. The van der Waals surface area contributed by atoms with Crippen molar-refractivity contribution in [3.8, 4) is 23.0 Å². The summed E-state index contributed by atoms with van der Waals surface area (Å²) in [4.78, 5) is 12.1. The maximum Gasteiger partial charge on any atom is 0.220 e. The number of hydrogen-bond acceptors (Lipinski definition) is 5. The highest BCUT2D eigenvalue weighted by Gasteiger charge is 2.12. The first-order chi connectivity index (χ1) is 13.7. The molecule has 0 atom stereocenters. The van der Waals surface area contributed by atoms with E-state index in [0.717, 1.165) is 47.0 Å². The van der Waals surface area contributed by atoms with Crippen molar-refractivity contribution in [1.82, 2.24) is 5.32 Å². The Balaban J connectivity index is 1.38. The number of carbonyl (C=O) groups is 1. The lowest BCUT2D eigenvalue weighted by atomic mass is 10.1. The third-order valence-corrected chi connectivity index (χ3v) is 4.66. The van der Waals surface area contributed by atoms with Gasteiger partial charge in [-0.2, -0.15) is 0 Å². The topological polar surface area (TPSA) is 66.0 Å². The first-order valence-corrected chi connectivity index (χ1v) is 9.55. The van der Waals surface area contributed by atoms with Crippen LogP contribution in [0.4, 0.5) is 0 Å². The van der Waals surface area contributed by atoms with Crippen LogP contribution in [0.15, 0.2) is 36.4 Å². The van der Waals surface area contributed by atoms with E-state index in [4.69, 9.17) is 18.9 Å². The van der Waals surface area contributed by atoms with Crippen molar-refractivity contribution in [1.29, 1.82) is 0 Å². The molecule has 6 heteroatoms. The van der Waals surface area contributed by atoms with Crippen molar-refractivity contribution in [3.63, 3.8) is 0 Å². The van der Waals surface area contributed by atoms with E-state index in [-0.39, 0.29) is 5.91 Å². The van der Waals surface area contributed by atoms with Gasteiger partial charge >= 0.3 is 0 Å². The minimum Gasteiger partial charge on any atom is -0.493 e. The molecule has 1 aliphatic rings. The summed E-state index contributed by atoms with van der Waals surface area (Å²) in [5.74, 6) is 3.04. The Labute approximate surface area is 165 Å². The number of fused-ring (bicyclic) bond motifs is 1. The lowest BCUT2D eigenvalue weighted by Gasteiger charge is -2.18. The first-order valence-electron chi connectivity index (χ1n) is 9.55. The van der Waals surface area contributed by atoms with E-state index in [1.54, 1.807) is 14.2 Å². The molecular formula is C22H27NO5. The highest BCUT2D eigenvalue weighted by atomic mass is 16.6. The molecule has 3 rings (SSSR count). The molecule has 1 amide bonds. The molecule has 0 spiro atoms. The Kier molecular flexibility index (Phi) is 7.00. The monoisotopic (exact) mass is 385 g/mol. The zero-order valence-corrected chi connectivity index (χ0v) is 16.5. The summed E-state index contributed by atoms with van der Waals surface area (Å²) in [6.45, 7) is 1.80. The van der Waals surface area contributed by atoms with Crippen LogP contribution in [0, 0.1) is 0 Å². The molecule has 0 aromatic heterocycles. The largest absolute Gasteiger partial charge is 0.493 e. The second-order valence-corrected chi connectivity index (χ2v) is 6.62. The first kappa shape index (κ1) is 19.9. The van der Waals surface area contributed by atoms with Crippen LogP contribution in [0.1, 0.15) is 24.0 Å². The Hall–Kier alpha value is -2.89. The van der Waals surface area contributed by atoms with Crippen molar-refractivity contribution >= 4 is 5.91 Å². The number of methoxy groups -OCH3 is 2. The zero-order valence-electron chi connectivity index (χ0n) is 16.5. The summed E-state index contributed by atoms with van der Waals surface area (Å²) >= 11 is 0. The number of hydrogen-bond donors (Lipinski definition) is 1. The zero-order chi connectivity index (χ0) is 19.8. The van der Waals surface area contributed by atoms with E-state index in [9.17, 15) is 4.79 Å². The highest BCUT2D eigenvalue weighted by Crippen LogP contribution is 2.31. The average molecular weight is 385 g/mol. The summed E-state index contributed by atoms with van der Waals surface area (Å²) in [7, 11) is 3.25. The maximum absolute atomic E-state index is 12.1. The van der Waals surface area contributed by atoms with Gasteiger partial charge in [-0.25, -0.2) is 0 Å². The molecule has 1 aliphatic heterocycles. The number of carbonyl (C=O) groups excluding carboxylic acids is 1. The minimum atomic E-state index is 0.0576. The van der Waals surface area contributed by atoms with Gasteiger partial charge < -0.3 is 24.3 Å². The quantitative estimate of drug-likeness (QED) is 0.672. The SMILES string of the molecule is COc1ccc(CCCNC(=O)CCc2ccc3c(c2)OCCO3)cc1OC. The predicted octanol–water partition coefficient (Wildman–Crippen LogP) is 3.16. The maximum atomic E-state index is 12.1. The van der Waals surface area contributed by atoms with Crippen LogP contribution in [0.5, 0.6) is 23.0 Å². The molecule has 28 heavy (non-hydrogen) atoms. The van der Waals surface area contributed by atoms with Crippen LogP contribution >= 0.6 is 0 Å². The summed E-state index contributed by atoms with van der Waals surface area (Å²) in [6, 6.07) is 11.7. The van der Waals surface area contributed by atoms with Gasteiger partial charge in [-0.1, -0.05) is 12.1 Å². The van der Waals surface area contributed by atoms with Crippen molar-refractivity contribution in [2.24, 2.45) is 0 Å². The van der Waals surface area contributed by atoms with Gasteiger partial charge in [0.1, 0.15) is 13.2 Å². The second kappa shape index (κ2) is 9.88. The number of amides is 1. The second-order valence-electron chi connectivity index (χ2n) is 6.62. The minimum absolute atomic E-state index is 0.0576. The van der Waals surface area contributed by atoms with Gasteiger partial charge in [-0.15, -0.1) is 0 Å². The van der Waals surface area contributed by atoms with Crippen LogP contribution < -0.4 is 24.3 Å². The number of nitrogens with one attached hydrogen (secondary N) is 1. The molecule has 6 nitrogen and oxygen atoms in total. The smallest absolute Gasteiger partial charge is 0.220 e. The molecule has 1 heterocycles. The van der Waals surface area contributed by atoms with E-state index in [1.807, 2.05) is 36.4 Å². The van der Waals surface area contributed by atoms with E-state index >= 15 is 0 Å². The van der Waals surface area contributed by atoms with Crippen LogP contribution in [0.2, 0.25) is 0 Å². The summed E-state index contributed by atoms with van der Waals surface area (Å²) in [6.07, 6.45) is 2.86. The van der Waals surface area contributed by atoms with Crippen molar-refractivity contribution in [2.75, 3.05) is 34.0 Å². The fourth-order valence-electron chi connectivity index (χ4n) is 3.15. The van der Waals surface area contributed by atoms with Gasteiger partial charge in [0.2, 0.25) is 5.91 Å². The molecule has 1 N–H and O–H groups in total. The molecule has 0 radical (unpaired) electrons. The van der Waals surface area contributed by atoms with Crippen molar-refractivity contribution in [3.05, 3.63) is 47.5 Å². The van der Waals surface area contributed by atoms with Gasteiger partial charge in [0.25, 0.3) is 0 Å². The van der Waals surface area contributed by atoms with E-state index in [0.29, 0.717) is 32.6 Å². The van der Waals surface area contributed by atoms with Crippen LogP contribution in [-0.2, 0) is 17.6 Å². The molecule has 2 aromatic carbocycles. The van der Waals surface area contributed by atoms with Crippen molar-refractivity contribution < 1.29 is 23.7 Å². The normalized spacial score (nSPS) is 12.4. The Morgan fingerprint density at radius 3 is 2.43 bits per heavy atom. The third-order valence-electron chi connectivity index (χ3n) is 4.66. The van der Waals surface area contributed by atoms with E-state index in [1.165, 1.54) is 0 Å². The van der Waals surface area contributed by atoms with Gasteiger partial charge in [-0.05, 0) is 54.7 Å². The molecular weight excluding hydrogens is 358 g/mol. The summed E-state index contributed by atoms with van der Waals surface area (Å²) in [5, 5.41) is 2.99. The third kappa shape index (κ3) is 5.31. The standard InChI is InChI=1S/C22H27NO5/c1-25-18-8-5-16(14-20(18)26-2)4-3-11-23-22(24)10-7-17-6-9-19-21(15-17)28-13-12-27-19/h5-6,8-9,14-15H,3-4,7,10-13H2,1-2H3,(H,23,24). The lowest BCUT2D eigenvalue weighted by Crippen LogP contribution is -2.25. The summed E-state index contributed by atoms with van der Waals surface area (Å²) in [5.41, 5.74) is 2.23. The van der Waals surface area contributed by atoms with Crippen molar-refractivity contribution in [2.45, 2.75) is 25.7 Å². The number of benzene rings is 2. The van der Waals surface area contributed by atoms with Crippen LogP contribution in [-0.4, -0.2) is 39.9 Å². The Morgan fingerprint density at radius 2 is 1.64 bits per heavy atom. The Bertz CT molecular complexity index is 806. The predicted molar refractivity (Wildman–Crippen MR) is 107 cm³/mol. The molecule has 0 fully saturated rings. The van der Waals surface area contributed by atoms with Crippen LogP contribution in [0.25, 0.3) is 0 Å². The molecule has 0 saturated carbocycles. The van der Waals surface area contributed by atoms with E-state index in [2.05, 4.69) is 5.32 Å². The molecule has 150 valence electrons. The Morgan fingerprint density at radius 1 is 0.929 bits per heavy atom. The van der Waals surface area contributed by atoms with Gasteiger partial charge in [0.05, 0.1) is 14.2 Å². The average Bonchev–Trinajstić information content (AvgIpc) is 2.74. The molecule has 0 unspecified atom stereocenters. The number of rotatable bonds is 9. The molecule has 0 bridgehead atoms. The fraction of sp³-hybridized carbons (Fsp3) is 0.409. The van der Waals surface area contributed by atoms with Gasteiger partial charge in [0, 0.05) is 13.0 Å². The lowest BCUT2D eigenvalue weighted by molar-refractivity contribution is -0.121. The highest BCUT2D eigenvalue weighted by molar-refractivity contribution is 5.76. The van der Waals surface area contributed by atoms with Gasteiger partial charge in [-0.3, -0.25) is 4.79 Å². The number of aryl methyl sites for hydroxylation is 2.